The predicted octanol–water partition coefficient (Wildman–Crippen LogP) is 2.10. The molecule has 2 aromatic rings. The Labute approximate surface area is 114 Å². The first-order chi connectivity index (χ1) is 9.35. The number of nitrogens with two attached hydrogens (primary N) is 1. The van der Waals surface area contributed by atoms with Crippen LogP contribution in [0.25, 0.3) is 0 Å². The van der Waals surface area contributed by atoms with E-state index in [1.807, 2.05) is 12.1 Å². The lowest BCUT2D eigenvalue weighted by Gasteiger charge is -2.28. The number of benzene rings is 1. The van der Waals surface area contributed by atoms with Gasteiger partial charge in [-0.25, -0.2) is 0 Å². The van der Waals surface area contributed by atoms with Crippen LogP contribution in [0.4, 0.5) is 0 Å². The van der Waals surface area contributed by atoms with Crippen LogP contribution in [-0.2, 0) is 26.1 Å². The molecule has 0 aliphatic carbocycles. The zero-order valence-corrected chi connectivity index (χ0v) is 11.0. The Balaban J connectivity index is 1.71. The van der Waals surface area contributed by atoms with Gasteiger partial charge in [0.15, 0.2) is 0 Å². The second kappa shape index (κ2) is 5.51. The summed E-state index contributed by atoms with van der Waals surface area (Å²) >= 11 is 0. The highest BCUT2D eigenvalue weighted by atomic mass is 15.1. The molecule has 3 heteroatoms. The fraction of sp³-hybridized carbons (Fsp3) is 0.312. The van der Waals surface area contributed by atoms with Crippen LogP contribution in [0.3, 0.4) is 0 Å². The van der Waals surface area contributed by atoms with Gasteiger partial charge < -0.3 is 5.73 Å². The summed E-state index contributed by atoms with van der Waals surface area (Å²) in [6.45, 7) is 3.54. The molecule has 2 N–H and O–H groups in total. The number of aromatic nitrogens is 1. The third-order valence-corrected chi connectivity index (χ3v) is 3.67. The molecule has 3 nitrogen and oxygen atoms in total. The molecule has 0 atom stereocenters. The van der Waals surface area contributed by atoms with Crippen molar-refractivity contribution in [3.63, 3.8) is 0 Å². The molecule has 0 radical (unpaired) electrons. The number of hydrogen-bond donors (Lipinski definition) is 1. The molecule has 0 saturated carbocycles. The molecule has 0 amide bonds. The van der Waals surface area contributed by atoms with Crippen molar-refractivity contribution in [2.24, 2.45) is 5.73 Å². The number of rotatable bonds is 3. The summed E-state index contributed by atoms with van der Waals surface area (Å²) in [4.78, 5) is 7.02. The highest BCUT2D eigenvalue weighted by Gasteiger charge is 2.16. The Morgan fingerprint density at radius 2 is 1.79 bits per heavy atom. The second-order valence-corrected chi connectivity index (χ2v) is 5.05. The van der Waals surface area contributed by atoms with Gasteiger partial charge in [0.1, 0.15) is 0 Å². The molecule has 0 saturated heterocycles. The van der Waals surface area contributed by atoms with E-state index in [0.29, 0.717) is 6.54 Å². The van der Waals surface area contributed by atoms with Crippen LogP contribution in [0.5, 0.6) is 0 Å². The highest BCUT2D eigenvalue weighted by molar-refractivity contribution is 5.29. The SMILES string of the molecule is NCc1cccc(CN2CCc3ccccc3C2)n1. The van der Waals surface area contributed by atoms with Crippen molar-refractivity contribution in [1.29, 1.82) is 0 Å². The zero-order valence-electron chi connectivity index (χ0n) is 11.0. The minimum atomic E-state index is 0.511. The van der Waals surface area contributed by atoms with Crippen LogP contribution < -0.4 is 5.73 Å². The maximum Gasteiger partial charge on any atom is 0.0548 e. The van der Waals surface area contributed by atoms with Gasteiger partial charge in [0.05, 0.1) is 11.4 Å². The van der Waals surface area contributed by atoms with Gasteiger partial charge in [-0.1, -0.05) is 30.3 Å². The van der Waals surface area contributed by atoms with Crippen molar-refractivity contribution in [1.82, 2.24) is 9.88 Å². The van der Waals surface area contributed by atoms with Crippen LogP contribution >= 0.6 is 0 Å². The van der Waals surface area contributed by atoms with Crippen LogP contribution in [0.1, 0.15) is 22.5 Å². The van der Waals surface area contributed by atoms with E-state index in [0.717, 1.165) is 37.4 Å². The van der Waals surface area contributed by atoms with Gasteiger partial charge >= 0.3 is 0 Å². The van der Waals surface area contributed by atoms with Crippen molar-refractivity contribution >= 4 is 0 Å². The summed E-state index contributed by atoms with van der Waals surface area (Å²) in [5, 5.41) is 0. The van der Waals surface area contributed by atoms with E-state index in [4.69, 9.17) is 5.73 Å². The van der Waals surface area contributed by atoms with E-state index >= 15 is 0 Å². The molecule has 0 spiro atoms. The van der Waals surface area contributed by atoms with Crippen molar-refractivity contribution in [2.75, 3.05) is 6.54 Å². The minimum Gasteiger partial charge on any atom is -0.325 e. The lowest BCUT2D eigenvalue weighted by Crippen LogP contribution is -2.30. The standard InChI is InChI=1S/C16H19N3/c17-10-15-6-3-7-16(18-15)12-19-9-8-13-4-1-2-5-14(13)11-19/h1-7H,8-12,17H2. The van der Waals surface area contributed by atoms with Gasteiger partial charge in [0, 0.05) is 26.2 Å². The van der Waals surface area contributed by atoms with Gasteiger partial charge in [-0.2, -0.15) is 0 Å². The van der Waals surface area contributed by atoms with Gasteiger partial charge in [0.25, 0.3) is 0 Å². The van der Waals surface area contributed by atoms with Gasteiger partial charge in [-0.05, 0) is 29.7 Å². The predicted molar refractivity (Wildman–Crippen MR) is 76.4 cm³/mol. The maximum atomic E-state index is 5.64. The lowest BCUT2D eigenvalue weighted by molar-refractivity contribution is 0.242. The van der Waals surface area contributed by atoms with Gasteiger partial charge in [-0.15, -0.1) is 0 Å². The Bertz CT molecular complexity index is 565. The van der Waals surface area contributed by atoms with Gasteiger partial charge in [-0.3, -0.25) is 9.88 Å². The molecule has 0 unspecified atom stereocenters. The third kappa shape index (κ3) is 2.83. The molecule has 98 valence electrons. The van der Waals surface area contributed by atoms with Crippen LogP contribution in [0.15, 0.2) is 42.5 Å². The quantitative estimate of drug-likeness (QED) is 0.911. The molecule has 1 aromatic heterocycles. The number of nitrogens with zero attached hydrogens (tertiary/aromatic N) is 2. The molecule has 1 aliphatic heterocycles. The van der Waals surface area contributed by atoms with E-state index in [-0.39, 0.29) is 0 Å². The highest BCUT2D eigenvalue weighted by Crippen LogP contribution is 2.19. The van der Waals surface area contributed by atoms with Crippen LogP contribution in [0, 0.1) is 0 Å². The molecule has 2 heterocycles. The van der Waals surface area contributed by atoms with E-state index in [1.165, 1.54) is 11.1 Å². The largest absolute Gasteiger partial charge is 0.325 e. The minimum absolute atomic E-state index is 0.511. The molecule has 19 heavy (non-hydrogen) atoms. The number of pyridine rings is 1. The second-order valence-electron chi connectivity index (χ2n) is 5.05. The molecule has 1 aliphatic rings. The summed E-state index contributed by atoms with van der Waals surface area (Å²) in [5.41, 5.74) is 10.7. The first-order valence-electron chi connectivity index (χ1n) is 6.79. The summed E-state index contributed by atoms with van der Waals surface area (Å²) in [7, 11) is 0. The van der Waals surface area contributed by atoms with Crippen molar-refractivity contribution in [3.8, 4) is 0 Å². The summed E-state index contributed by atoms with van der Waals surface area (Å²) < 4.78 is 0. The average molecular weight is 253 g/mol. The van der Waals surface area contributed by atoms with E-state index in [1.54, 1.807) is 0 Å². The Morgan fingerprint density at radius 3 is 2.63 bits per heavy atom. The zero-order chi connectivity index (χ0) is 13.1. The topological polar surface area (TPSA) is 42.1 Å². The van der Waals surface area contributed by atoms with Gasteiger partial charge in [0.2, 0.25) is 0 Å². The summed E-state index contributed by atoms with van der Waals surface area (Å²) in [6, 6.07) is 14.8. The number of hydrogen-bond acceptors (Lipinski definition) is 3. The lowest BCUT2D eigenvalue weighted by atomic mass is 10.00. The van der Waals surface area contributed by atoms with E-state index in [2.05, 4.69) is 40.2 Å². The average Bonchev–Trinajstić information content (AvgIpc) is 2.47. The summed E-state index contributed by atoms with van der Waals surface area (Å²) in [5.74, 6) is 0. The van der Waals surface area contributed by atoms with Crippen molar-refractivity contribution < 1.29 is 0 Å². The maximum absolute atomic E-state index is 5.64. The van der Waals surface area contributed by atoms with E-state index < -0.39 is 0 Å². The first kappa shape index (κ1) is 12.3. The molecule has 0 fully saturated rings. The fourth-order valence-corrected chi connectivity index (χ4v) is 2.65. The molecule has 0 bridgehead atoms. The smallest absolute Gasteiger partial charge is 0.0548 e. The number of fused-ring (bicyclic) bond motifs is 1. The monoisotopic (exact) mass is 253 g/mol. The first-order valence-corrected chi connectivity index (χ1v) is 6.79. The Morgan fingerprint density at radius 1 is 1.00 bits per heavy atom. The molecule has 1 aromatic carbocycles. The summed E-state index contributed by atoms with van der Waals surface area (Å²) in [6.07, 6.45) is 1.13. The van der Waals surface area contributed by atoms with Crippen molar-refractivity contribution in [3.05, 3.63) is 65.0 Å². The Kier molecular flexibility index (Phi) is 3.58. The van der Waals surface area contributed by atoms with E-state index in [9.17, 15) is 0 Å². The fourth-order valence-electron chi connectivity index (χ4n) is 2.65. The molecule has 3 rings (SSSR count). The van der Waals surface area contributed by atoms with Crippen LogP contribution in [-0.4, -0.2) is 16.4 Å². The molecular formula is C16H19N3. The third-order valence-electron chi connectivity index (χ3n) is 3.67. The molecular weight excluding hydrogens is 234 g/mol. The normalized spacial score (nSPS) is 15.2. The van der Waals surface area contributed by atoms with Crippen molar-refractivity contribution in [2.45, 2.75) is 26.1 Å². The Hall–Kier alpha value is -1.71. The van der Waals surface area contributed by atoms with Crippen LogP contribution in [0.2, 0.25) is 0 Å².